The fourth-order valence-corrected chi connectivity index (χ4v) is 3.64. The number of hydrogen-bond acceptors (Lipinski definition) is 5. The molecule has 1 N–H and O–H groups in total. The highest BCUT2D eigenvalue weighted by Gasteiger charge is 2.16. The number of benzene rings is 3. The Labute approximate surface area is 217 Å². The number of ether oxygens (including phenoxy) is 2. The lowest BCUT2D eigenvalue weighted by Gasteiger charge is -2.15. The van der Waals surface area contributed by atoms with E-state index >= 15 is 0 Å². The molecule has 3 aromatic rings. The molecule has 3 rings (SSSR count). The second-order valence-electron chi connectivity index (χ2n) is 7.07. The average Bonchev–Trinajstić information content (AvgIpc) is 2.84. The number of halogens is 3. The minimum atomic E-state index is -0.631. The van der Waals surface area contributed by atoms with E-state index in [1.807, 2.05) is 12.1 Å². The predicted molar refractivity (Wildman–Crippen MR) is 137 cm³/mol. The number of hydrogen-bond donors (Lipinski definition) is 1. The molecule has 6 nitrogen and oxygen atoms in total. The Morgan fingerprint density at radius 2 is 1.77 bits per heavy atom. The molecule has 0 aliphatic rings. The molecule has 0 saturated heterocycles. The summed E-state index contributed by atoms with van der Waals surface area (Å²) >= 11 is 18.3. The van der Waals surface area contributed by atoms with Crippen molar-refractivity contribution in [3.8, 4) is 23.6 Å². The number of amides is 1. The van der Waals surface area contributed by atoms with E-state index in [0.29, 0.717) is 39.8 Å². The second kappa shape index (κ2) is 12.1. The first-order valence-corrected chi connectivity index (χ1v) is 11.4. The van der Waals surface area contributed by atoms with Crippen LogP contribution in [-0.4, -0.2) is 12.5 Å². The molecule has 35 heavy (non-hydrogen) atoms. The molecule has 0 aliphatic heterocycles. The van der Waals surface area contributed by atoms with Crippen LogP contribution in [0.4, 0.5) is 5.69 Å². The summed E-state index contributed by atoms with van der Waals surface area (Å²) in [6, 6.07) is 18.8. The van der Waals surface area contributed by atoms with Gasteiger partial charge in [-0.2, -0.15) is 10.5 Å². The normalized spacial score (nSPS) is 10.7. The van der Waals surface area contributed by atoms with Crippen molar-refractivity contribution in [3.63, 3.8) is 0 Å². The van der Waals surface area contributed by atoms with Crippen LogP contribution in [0.5, 0.6) is 11.5 Å². The fraction of sp³-hybridized carbons (Fsp3) is 0.115. The number of nitrogens with one attached hydrogen (secondary N) is 1. The Hall–Kier alpha value is -3.68. The molecule has 0 bridgehead atoms. The Balaban J connectivity index is 1.87. The van der Waals surface area contributed by atoms with Gasteiger partial charge < -0.3 is 14.8 Å². The van der Waals surface area contributed by atoms with Crippen molar-refractivity contribution in [3.05, 3.63) is 91.9 Å². The molecular weight excluding hydrogens is 509 g/mol. The van der Waals surface area contributed by atoms with E-state index in [1.165, 1.54) is 18.2 Å². The second-order valence-corrected chi connectivity index (χ2v) is 8.30. The van der Waals surface area contributed by atoms with Crippen molar-refractivity contribution < 1.29 is 14.3 Å². The van der Waals surface area contributed by atoms with Gasteiger partial charge >= 0.3 is 0 Å². The van der Waals surface area contributed by atoms with Gasteiger partial charge in [0.05, 0.1) is 33.3 Å². The summed E-state index contributed by atoms with van der Waals surface area (Å²) in [5.41, 5.74) is 1.88. The minimum Gasteiger partial charge on any atom is -0.490 e. The van der Waals surface area contributed by atoms with Gasteiger partial charge in [0.25, 0.3) is 5.91 Å². The summed E-state index contributed by atoms with van der Waals surface area (Å²) < 4.78 is 11.6. The summed E-state index contributed by atoms with van der Waals surface area (Å²) in [6.45, 7) is 2.24. The molecule has 0 aliphatic carbocycles. The fourth-order valence-electron chi connectivity index (χ4n) is 3.07. The smallest absolute Gasteiger partial charge is 0.266 e. The third-order valence-electron chi connectivity index (χ3n) is 4.70. The first-order chi connectivity index (χ1) is 16.9. The molecule has 0 spiro atoms. The standard InChI is InChI=1S/C26H18Cl3N3O3/c1-2-34-24-11-16(9-19(14-31)26(33)32-20-7-8-21(27)22(28)12-20)10-23(29)25(24)35-15-18-6-4-3-5-17(18)13-30/h3-12H,2,15H2,1H3,(H,32,33)/b19-9+. The lowest BCUT2D eigenvalue weighted by molar-refractivity contribution is -0.112. The summed E-state index contributed by atoms with van der Waals surface area (Å²) in [6.07, 6.45) is 1.38. The van der Waals surface area contributed by atoms with E-state index in [-0.39, 0.29) is 28.0 Å². The zero-order valence-electron chi connectivity index (χ0n) is 18.4. The van der Waals surface area contributed by atoms with Gasteiger partial charge in [-0.05, 0) is 55.0 Å². The van der Waals surface area contributed by atoms with Crippen molar-refractivity contribution in [1.82, 2.24) is 0 Å². The van der Waals surface area contributed by atoms with Crippen LogP contribution in [0.1, 0.15) is 23.6 Å². The molecule has 0 saturated carbocycles. The Morgan fingerprint density at radius 1 is 1.00 bits per heavy atom. The molecule has 1 amide bonds. The number of nitrogens with zero attached hydrogens (tertiary/aromatic N) is 2. The van der Waals surface area contributed by atoms with Gasteiger partial charge in [0.15, 0.2) is 11.5 Å². The first kappa shape index (κ1) is 25.9. The average molecular weight is 527 g/mol. The summed E-state index contributed by atoms with van der Waals surface area (Å²) in [7, 11) is 0. The maximum atomic E-state index is 12.6. The van der Waals surface area contributed by atoms with Gasteiger partial charge in [-0.25, -0.2) is 0 Å². The first-order valence-electron chi connectivity index (χ1n) is 10.3. The van der Waals surface area contributed by atoms with Crippen LogP contribution >= 0.6 is 34.8 Å². The molecule has 0 heterocycles. The number of anilines is 1. The molecule has 0 fully saturated rings. The van der Waals surface area contributed by atoms with Gasteiger partial charge in [0.2, 0.25) is 0 Å². The quantitative estimate of drug-likeness (QED) is 0.251. The zero-order valence-corrected chi connectivity index (χ0v) is 20.7. The lowest BCUT2D eigenvalue weighted by atomic mass is 10.1. The lowest BCUT2D eigenvalue weighted by Crippen LogP contribution is -2.13. The highest BCUT2D eigenvalue weighted by Crippen LogP contribution is 2.38. The summed E-state index contributed by atoms with van der Waals surface area (Å²) in [5, 5.41) is 22.3. The highest BCUT2D eigenvalue weighted by atomic mass is 35.5. The van der Waals surface area contributed by atoms with Gasteiger partial charge in [-0.3, -0.25) is 4.79 Å². The highest BCUT2D eigenvalue weighted by molar-refractivity contribution is 6.42. The van der Waals surface area contributed by atoms with Gasteiger partial charge in [0, 0.05) is 11.3 Å². The third kappa shape index (κ3) is 6.68. The number of carbonyl (C=O) groups excluding carboxylic acids is 1. The third-order valence-corrected chi connectivity index (χ3v) is 5.71. The van der Waals surface area contributed by atoms with Crippen molar-refractivity contribution in [2.75, 3.05) is 11.9 Å². The van der Waals surface area contributed by atoms with Gasteiger partial charge in [0.1, 0.15) is 18.2 Å². The minimum absolute atomic E-state index is 0.105. The maximum absolute atomic E-state index is 12.6. The summed E-state index contributed by atoms with van der Waals surface area (Å²) in [5.74, 6) is -0.00606. The molecule has 176 valence electrons. The van der Waals surface area contributed by atoms with Crippen LogP contribution in [-0.2, 0) is 11.4 Å². The van der Waals surface area contributed by atoms with Crippen LogP contribution in [0, 0.1) is 22.7 Å². The van der Waals surface area contributed by atoms with Crippen molar-refractivity contribution in [2.45, 2.75) is 13.5 Å². The maximum Gasteiger partial charge on any atom is 0.266 e. The van der Waals surface area contributed by atoms with Crippen molar-refractivity contribution >= 4 is 52.5 Å². The molecule has 0 unspecified atom stereocenters. The molecular formula is C26H18Cl3N3O3. The van der Waals surface area contributed by atoms with Gasteiger partial charge in [-0.15, -0.1) is 0 Å². The number of carbonyl (C=O) groups is 1. The Kier molecular flexibility index (Phi) is 9.00. The number of rotatable bonds is 8. The topological polar surface area (TPSA) is 95.1 Å². The van der Waals surface area contributed by atoms with Crippen LogP contribution in [0.25, 0.3) is 6.08 Å². The van der Waals surface area contributed by atoms with Gasteiger partial charge in [-0.1, -0.05) is 53.0 Å². The summed E-state index contributed by atoms with van der Waals surface area (Å²) in [4.78, 5) is 12.6. The Morgan fingerprint density at radius 3 is 2.46 bits per heavy atom. The Bertz CT molecular complexity index is 1370. The van der Waals surface area contributed by atoms with Crippen LogP contribution in [0.3, 0.4) is 0 Å². The van der Waals surface area contributed by atoms with E-state index in [4.69, 9.17) is 44.3 Å². The molecule has 0 radical (unpaired) electrons. The van der Waals surface area contributed by atoms with Crippen molar-refractivity contribution in [1.29, 1.82) is 10.5 Å². The molecule has 0 aromatic heterocycles. The van der Waals surface area contributed by atoms with E-state index < -0.39 is 5.91 Å². The van der Waals surface area contributed by atoms with E-state index in [2.05, 4.69) is 11.4 Å². The predicted octanol–water partition coefficient (Wildman–Crippen LogP) is 7.04. The number of nitriles is 2. The van der Waals surface area contributed by atoms with Crippen LogP contribution in [0.2, 0.25) is 15.1 Å². The van der Waals surface area contributed by atoms with E-state index in [1.54, 1.807) is 43.3 Å². The molecule has 9 heteroatoms. The van der Waals surface area contributed by atoms with Crippen molar-refractivity contribution in [2.24, 2.45) is 0 Å². The molecule has 0 atom stereocenters. The van der Waals surface area contributed by atoms with E-state index in [0.717, 1.165) is 0 Å². The van der Waals surface area contributed by atoms with Crippen LogP contribution < -0.4 is 14.8 Å². The monoisotopic (exact) mass is 525 g/mol. The SMILES string of the molecule is CCOc1cc(/C=C(\C#N)C(=O)Nc2ccc(Cl)c(Cl)c2)cc(Cl)c1OCc1ccccc1C#N. The molecule has 3 aromatic carbocycles. The van der Waals surface area contributed by atoms with E-state index in [9.17, 15) is 15.3 Å². The van der Waals surface area contributed by atoms with Crippen LogP contribution in [0.15, 0.2) is 60.2 Å². The zero-order chi connectivity index (χ0) is 25.4. The largest absolute Gasteiger partial charge is 0.490 e.